The Kier molecular flexibility index (Phi) is 5.20. The molecule has 18 heavy (non-hydrogen) atoms. The van der Waals surface area contributed by atoms with E-state index in [-0.39, 0.29) is 0 Å². The number of allylic oxidation sites excluding steroid dienone is 1. The molecule has 1 saturated carbocycles. The molecule has 1 aromatic heterocycles. The van der Waals surface area contributed by atoms with E-state index in [1.807, 2.05) is 27.7 Å². The average Bonchev–Trinajstić information content (AvgIpc) is 3.23. The molecule has 3 nitrogen and oxygen atoms in total. The highest BCUT2D eigenvalue weighted by Gasteiger charge is 2.30. The number of aromatic nitrogens is 2. The molecular formula is C15H23N3. The van der Waals surface area contributed by atoms with E-state index in [1.165, 1.54) is 12.8 Å². The van der Waals surface area contributed by atoms with Gasteiger partial charge in [-0.3, -0.25) is 5.41 Å². The van der Waals surface area contributed by atoms with Crippen molar-refractivity contribution in [1.82, 2.24) is 9.97 Å². The largest absolute Gasteiger partial charge is 0.300 e. The lowest BCUT2D eigenvalue weighted by Gasteiger charge is -2.12. The first-order valence-electron chi connectivity index (χ1n) is 6.73. The van der Waals surface area contributed by atoms with Crippen molar-refractivity contribution in [3.63, 3.8) is 0 Å². The van der Waals surface area contributed by atoms with Crippen molar-refractivity contribution in [2.75, 3.05) is 0 Å². The zero-order valence-electron chi connectivity index (χ0n) is 11.9. The second-order valence-electron chi connectivity index (χ2n) is 4.33. The lowest BCUT2D eigenvalue weighted by molar-refractivity contribution is 0.953. The van der Waals surface area contributed by atoms with Gasteiger partial charge in [-0.1, -0.05) is 27.4 Å². The van der Waals surface area contributed by atoms with E-state index in [4.69, 9.17) is 5.41 Å². The predicted octanol–water partition coefficient (Wildman–Crippen LogP) is 4.02. The fourth-order valence-electron chi connectivity index (χ4n) is 1.82. The quantitative estimate of drug-likeness (QED) is 0.814. The van der Waals surface area contributed by atoms with Gasteiger partial charge in [-0.2, -0.15) is 0 Å². The Labute approximate surface area is 110 Å². The first-order chi connectivity index (χ1) is 8.65. The molecule has 1 N–H and O–H groups in total. The summed E-state index contributed by atoms with van der Waals surface area (Å²) in [6, 6.07) is 0. The maximum absolute atomic E-state index is 8.16. The Balaban J connectivity index is 0.000000771. The van der Waals surface area contributed by atoms with Gasteiger partial charge in [-0.15, -0.1) is 0 Å². The summed E-state index contributed by atoms with van der Waals surface area (Å²) in [5, 5.41) is 8.16. The molecule has 1 fully saturated rings. The molecule has 0 aromatic carbocycles. The Morgan fingerprint density at radius 3 is 2.50 bits per heavy atom. The molecule has 2 rings (SSSR count). The summed E-state index contributed by atoms with van der Waals surface area (Å²) in [5.74, 6) is 0.543. The molecule has 0 amide bonds. The number of nitrogens with zero attached hydrogens (tertiary/aromatic N) is 2. The van der Waals surface area contributed by atoms with Crippen LogP contribution in [0.3, 0.4) is 0 Å². The predicted molar refractivity (Wildman–Crippen MR) is 76.4 cm³/mol. The van der Waals surface area contributed by atoms with Crippen LogP contribution in [-0.4, -0.2) is 15.7 Å². The van der Waals surface area contributed by atoms with Crippen LogP contribution in [0.5, 0.6) is 0 Å². The molecule has 1 aliphatic rings. The third-order valence-electron chi connectivity index (χ3n) is 3.06. The zero-order valence-corrected chi connectivity index (χ0v) is 11.9. The van der Waals surface area contributed by atoms with Crippen molar-refractivity contribution >= 4 is 5.71 Å². The number of hydrogen-bond donors (Lipinski definition) is 1. The summed E-state index contributed by atoms with van der Waals surface area (Å²) in [6.45, 7) is 11.9. The second-order valence-corrected chi connectivity index (χ2v) is 4.33. The van der Waals surface area contributed by atoms with Crippen LogP contribution in [0.1, 0.15) is 62.9 Å². The van der Waals surface area contributed by atoms with Crippen molar-refractivity contribution in [3.05, 3.63) is 35.4 Å². The van der Waals surface area contributed by atoms with Gasteiger partial charge in [0.25, 0.3) is 0 Å². The highest BCUT2D eigenvalue weighted by Crippen LogP contribution is 2.41. The molecule has 0 atom stereocenters. The second kappa shape index (κ2) is 6.43. The van der Waals surface area contributed by atoms with E-state index in [1.54, 1.807) is 6.33 Å². The van der Waals surface area contributed by atoms with Crippen LogP contribution >= 0.6 is 0 Å². The van der Waals surface area contributed by atoms with Crippen molar-refractivity contribution in [2.45, 2.75) is 52.9 Å². The smallest absolute Gasteiger partial charge is 0.115 e. The van der Waals surface area contributed by atoms with E-state index in [2.05, 4.69) is 16.5 Å². The van der Waals surface area contributed by atoms with Gasteiger partial charge >= 0.3 is 0 Å². The summed E-state index contributed by atoms with van der Waals surface area (Å²) in [6.07, 6.45) is 4.79. The molecule has 0 spiro atoms. The van der Waals surface area contributed by atoms with E-state index >= 15 is 0 Å². The fraction of sp³-hybridized carbons (Fsp3) is 0.533. The number of aryl methyl sites for hydroxylation is 1. The normalized spacial score (nSPS) is 13.6. The molecule has 1 heterocycles. The Hall–Kier alpha value is -1.51. The molecule has 98 valence electrons. The third-order valence-corrected chi connectivity index (χ3v) is 3.06. The third kappa shape index (κ3) is 3.03. The standard InChI is InChI=1S/C13H17N3.C2H6/c1-4-8(2)12(14)11-9(3)15-7-16-13(11)10-5-6-10;1-2/h7,10,14H,2,4-6H2,1,3H3;1-2H3. The topological polar surface area (TPSA) is 49.6 Å². The van der Waals surface area contributed by atoms with Crippen LogP contribution in [0.15, 0.2) is 18.5 Å². The van der Waals surface area contributed by atoms with Crippen molar-refractivity contribution in [3.8, 4) is 0 Å². The molecule has 1 aromatic rings. The molecule has 0 unspecified atom stereocenters. The van der Waals surface area contributed by atoms with E-state index < -0.39 is 0 Å². The molecule has 0 radical (unpaired) electrons. The van der Waals surface area contributed by atoms with Gasteiger partial charge in [0.2, 0.25) is 0 Å². The van der Waals surface area contributed by atoms with Crippen molar-refractivity contribution in [1.29, 1.82) is 5.41 Å². The minimum atomic E-state index is 0.516. The highest BCUT2D eigenvalue weighted by atomic mass is 14.9. The SMILES string of the molecule is C=C(CC)C(=N)c1c(C)ncnc1C1CC1.CC. The Morgan fingerprint density at radius 2 is 2.00 bits per heavy atom. The van der Waals surface area contributed by atoms with Crippen LogP contribution in [0.2, 0.25) is 0 Å². The summed E-state index contributed by atoms with van der Waals surface area (Å²) >= 11 is 0. The van der Waals surface area contributed by atoms with E-state index in [0.29, 0.717) is 11.6 Å². The number of nitrogens with one attached hydrogen (secondary N) is 1. The van der Waals surface area contributed by atoms with Gasteiger partial charge in [0, 0.05) is 11.5 Å². The summed E-state index contributed by atoms with van der Waals surface area (Å²) in [5.41, 5.74) is 4.24. The summed E-state index contributed by atoms with van der Waals surface area (Å²) in [4.78, 5) is 8.54. The van der Waals surface area contributed by atoms with Gasteiger partial charge in [-0.25, -0.2) is 9.97 Å². The van der Waals surface area contributed by atoms with Gasteiger partial charge in [0.1, 0.15) is 6.33 Å². The molecular weight excluding hydrogens is 222 g/mol. The zero-order chi connectivity index (χ0) is 13.7. The Bertz CT molecular complexity index is 445. The molecule has 1 aliphatic carbocycles. The lowest BCUT2D eigenvalue weighted by atomic mass is 9.97. The van der Waals surface area contributed by atoms with Crippen molar-refractivity contribution < 1.29 is 0 Å². The van der Waals surface area contributed by atoms with Crippen LogP contribution < -0.4 is 0 Å². The number of hydrogen-bond acceptors (Lipinski definition) is 3. The maximum Gasteiger partial charge on any atom is 0.115 e. The lowest BCUT2D eigenvalue weighted by Crippen LogP contribution is -2.11. The number of rotatable bonds is 4. The van der Waals surface area contributed by atoms with Gasteiger partial charge in [0.05, 0.1) is 17.1 Å². The maximum atomic E-state index is 8.16. The molecule has 0 saturated heterocycles. The minimum absolute atomic E-state index is 0.516. The first kappa shape index (κ1) is 14.6. The molecule has 0 aliphatic heterocycles. The Morgan fingerprint density at radius 1 is 1.39 bits per heavy atom. The fourth-order valence-corrected chi connectivity index (χ4v) is 1.82. The van der Waals surface area contributed by atoms with Gasteiger partial charge in [0.15, 0.2) is 0 Å². The van der Waals surface area contributed by atoms with Crippen LogP contribution in [0.25, 0.3) is 0 Å². The summed E-state index contributed by atoms with van der Waals surface area (Å²) in [7, 11) is 0. The van der Waals surface area contributed by atoms with Crippen LogP contribution in [-0.2, 0) is 0 Å². The van der Waals surface area contributed by atoms with Crippen LogP contribution in [0, 0.1) is 12.3 Å². The average molecular weight is 245 g/mol. The summed E-state index contributed by atoms with van der Waals surface area (Å²) < 4.78 is 0. The highest BCUT2D eigenvalue weighted by molar-refractivity contribution is 6.11. The monoisotopic (exact) mass is 245 g/mol. The van der Waals surface area contributed by atoms with Crippen molar-refractivity contribution in [2.24, 2.45) is 0 Å². The minimum Gasteiger partial charge on any atom is -0.300 e. The molecule has 0 bridgehead atoms. The molecule has 3 heteroatoms. The van der Waals surface area contributed by atoms with Gasteiger partial charge in [-0.05, 0) is 31.8 Å². The van der Waals surface area contributed by atoms with Gasteiger partial charge < -0.3 is 0 Å². The van der Waals surface area contributed by atoms with E-state index in [0.717, 1.165) is 28.9 Å². The van der Waals surface area contributed by atoms with E-state index in [9.17, 15) is 0 Å². The van der Waals surface area contributed by atoms with Crippen LogP contribution in [0.4, 0.5) is 0 Å². The first-order valence-corrected chi connectivity index (χ1v) is 6.73.